The maximum atomic E-state index is 13.1. The van der Waals surface area contributed by atoms with Crippen LogP contribution >= 0.6 is 11.3 Å². The van der Waals surface area contributed by atoms with Crippen LogP contribution in [0.2, 0.25) is 0 Å². The summed E-state index contributed by atoms with van der Waals surface area (Å²) in [4.78, 5) is 4.65. The van der Waals surface area contributed by atoms with E-state index < -0.39 is 10.0 Å². The number of aromatic nitrogens is 1. The van der Waals surface area contributed by atoms with Crippen LogP contribution in [-0.2, 0) is 16.4 Å². The minimum atomic E-state index is -3.24. The highest BCUT2D eigenvalue weighted by molar-refractivity contribution is 7.92. The summed E-state index contributed by atoms with van der Waals surface area (Å²) in [5.41, 5.74) is 4.47. The maximum Gasteiger partial charge on any atom is 0.234 e. The fourth-order valence-electron chi connectivity index (χ4n) is 3.11. The second kappa shape index (κ2) is 6.48. The Morgan fingerprint density at radius 3 is 2.62 bits per heavy atom. The van der Waals surface area contributed by atoms with Gasteiger partial charge in [-0.05, 0) is 55.3 Å². The Kier molecular flexibility index (Phi) is 4.28. The first-order valence-electron chi connectivity index (χ1n) is 8.33. The summed E-state index contributed by atoms with van der Waals surface area (Å²) >= 11 is 1.51. The van der Waals surface area contributed by atoms with Crippen LogP contribution in [-0.4, -0.2) is 25.7 Å². The van der Waals surface area contributed by atoms with Crippen molar-refractivity contribution in [1.82, 2.24) is 4.98 Å². The second-order valence-corrected chi connectivity index (χ2v) is 9.15. The molecule has 0 fully saturated rings. The minimum Gasteiger partial charge on any atom is -0.270 e. The molecule has 134 valence electrons. The van der Waals surface area contributed by atoms with Crippen molar-refractivity contribution in [2.45, 2.75) is 13.3 Å². The van der Waals surface area contributed by atoms with Gasteiger partial charge in [0.05, 0.1) is 17.1 Å². The van der Waals surface area contributed by atoms with Gasteiger partial charge in [-0.1, -0.05) is 6.07 Å². The molecule has 0 radical (unpaired) electrons. The minimum absolute atomic E-state index is 0.0985. The molecule has 0 amide bonds. The SMILES string of the molecule is CCS(=O)(=O)N1CCc2cc(-c3csc(-c4ccc(F)cc4)n3)ccc21. The summed E-state index contributed by atoms with van der Waals surface area (Å²) in [6.07, 6.45) is 0.706. The average Bonchev–Trinajstić information content (AvgIpc) is 3.29. The number of benzene rings is 2. The summed E-state index contributed by atoms with van der Waals surface area (Å²) in [5.74, 6) is -0.169. The Balaban J connectivity index is 1.66. The van der Waals surface area contributed by atoms with Crippen molar-refractivity contribution in [3.63, 3.8) is 0 Å². The van der Waals surface area contributed by atoms with Gasteiger partial charge in [0, 0.05) is 23.1 Å². The second-order valence-electron chi connectivity index (χ2n) is 6.11. The molecular weight excluding hydrogens is 371 g/mol. The number of nitrogens with zero attached hydrogens (tertiary/aromatic N) is 2. The van der Waals surface area contributed by atoms with E-state index in [1.165, 1.54) is 27.8 Å². The molecule has 0 spiro atoms. The lowest BCUT2D eigenvalue weighted by molar-refractivity contribution is 0.593. The number of hydrogen-bond acceptors (Lipinski definition) is 4. The molecule has 0 saturated heterocycles. The van der Waals surface area contributed by atoms with Gasteiger partial charge in [0.15, 0.2) is 0 Å². The standard InChI is InChI=1S/C19H17FN2O2S2/c1-2-26(23,24)22-10-9-15-11-14(5-8-18(15)22)17-12-25-19(21-17)13-3-6-16(20)7-4-13/h3-8,11-12H,2,9-10H2,1H3. The molecule has 4 rings (SSSR count). The van der Waals surface area contributed by atoms with Gasteiger partial charge in [-0.2, -0.15) is 0 Å². The van der Waals surface area contributed by atoms with E-state index in [1.54, 1.807) is 19.1 Å². The number of rotatable bonds is 4. The van der Waals surface area contributed by atoms with Crippen molar-refractivity contribution in [3.8, 4) is 21.8 Å². The first-order chi connectivity index (χ1) is 12.5. The summed E-state index contributed by atoms with van der Waals surface area (Å²) in [5, 5.41) is 2.80. The summed E-state index contributed by atoms with van der Waals surface area (Å²) in [7, 11) is -3.24. The quantitative estimate of drug-likeness (QED) is 0.668. The summed E-state index contributed by atoms with van der Waals surface area (Å²) < 4.78 is 39.0. The number of hydrogen-bond donors (Lipinski definition) is 0. The molecule has 7 heteroatoms. The Bertz CT molecular complexity index is 1060. The third kappa shape index (κ3) is 3.01. The zero-order chi connectivity index (χ0) is 18.3. The van der Waals surface area contributed by atoms with Crippen LogP contribution in [0.4, 0.5) is 10.1 Å². The Morgan fingerprint density at radius 1 is 1.15 bits per heavy atom. The Hall–Kier alpha value is -2.25. The summed E-state index contributed by atoms with van der Waals surface area (Å²) in [6.45, 7) is 2.15. The third-order valence-corrected chi connectivity index (χ3v) is 7.20. The van der Waals surface area contributed by atoms with Gasteiger partial charge < -0.3 is 0 Å². The van der Waals surface area contributed by atoms with Gasteiger partial charge in [0.25, 0.3) is 0 Å². The van der Waals surface area contributed by atoms with Gasteiger partial charge in [-0.25, -0.2) is 17.8 Å². The van der Waals surface area contributed by atoms with Crippen LogP contribution in [0.25, 0.3) is 21.8 Å². The molecule has 1 aromatic heterocycles. The van der Waals surface area contributed by atoms with Crippen molar-refractivity contribution in [3.05, 3.63) is 59.2 Å². The van der Waals surface area contributed by atoms with E-state index in [9.17, 15) is 12.8 Å². The van der Waals surface area contributed by atoms with Crippen molar-refractivity contribution in [2.75, 3.05) is 16.6 Å². The first kappa shape index (κ1) is 17.2. The molecule has 0 atom stereocenters. The van der Waals surface area contributed by atoms with Crippen molar-refractivity contribution >= 4 is 27.0 Å². The Morgan fingerprint density at radius 2 is 1.88 bits per heavy atom. The predicted molar refractivity (Wildman–Crippen MR) is 103 cm³/mol. The van der Waals surface area contributed by atoms with E-state index in [4.69, 9.17) is 0 Å². The fraction of sp³-hybridized carbons (Fsp3) is 0.211. The largest absolute Gasteiger partial charge is 0.270 e. The van der Waals surface area contributed by atoms with E-state index in [0.717, 1.165) is 33.1 Å². The predicted octanol–water partition coefficient (Wildman–Crippen LogP) is 4.33. The molecule has 0 saturated carbocycles. The lowest BCUT2D eigenvalue weighted by Gasteiger charge is -2.18. The van der Waals surface area contributed by atoms with Gasteiger partial charge >= 0.3 is 0 Å². The lowest BCUT2D eigenvalue weighted by Crippen LogP contribution is -2.30. The van der Waals surface area contributed by atoms with Crippen LogP contribution in [0.15, 0.2) is 47.8 Å². The number of thiazole rings is 1. The van der Waals surface area contributed by atoms with Gasteiger partial charge in [-0.15, -0.1) is 11.3 Å². The van der Waals surface area contributed by atoms with E-state index in [0.29, 0.717) is 13.0 Å². The van der Waals surface area contributed by atoms with Gasteiger partial charge in [-0.3, -0.25) is 4.31 Å². The molecule has 0 unspecified atom stereocenters. The van der Waals surface area contributed by atoms with Crippen LogP contribution < -0.4 is 4.31 Å². The highest BCUT2D eigenvalue weighted by Crippen LogP contribution is 2.35. The lowest BCUT2D eigenvalue weighted by atomic mass is 10.1. The number of sulfonamides is 1. The zero-order valence-electron chi connectivity index (χ0n) is 14.1. The third-order valence-electron chi connectivity index (χ3n) is 4.52. The molecule has 1 aliphatic heterocycles. The van der Waals surface area contributed by atoms with Gasteiger partial charge in [0.2, 0.25) is 10.0 Å². The average molecular weight is 388 g/mol. The van der Waals surface area contributed by atoms with E-state index >= 15 is 0 Å². The van der Waals surface area contributed by atoms with Crippen molar-refractivity contribution in [1.29, 1.82) is 0 Å². The highest BCUT2D eigenvalue weighted by Gasteiger charge is 2.28. The monoisotopic (exact) mass is 388 g/mol. The van der Waals surface area contributed by atoms with E-state index in [2.05, 4.69) is 4.98 Å². The normalized spacial score (nSPS) is 13.8. The van der Waals surface area contributed by atoms with Crippen molar-refractivity contribution in [2.24, 2.45) is 0 Å². The molecule has 4 nitrogen and oxygen atoms in total. The van der Waals surface area contributed by atoms with Crippen LogP contribution in [0.5, 0.6) is 0 Å². The number of halogens is 1. The van der Waals surface area contributed by atoms with Gasteiger partial charge in [0.1, 0.15) is 10.8 Å². The number of fused-ring (bicyclic) bond motifs is 1. The highest BCUT2D eigenvalue weighted by atomic mass is 32.2. The molecular formula is C19H17FN2O2S2. The van der Waals surface area contributed by atoms with Crippen LogP contribution in [0, 0.1) is 5.82 Å². The smallest absolute Gasteiger partial charge is 0.234 e. The summed E-state index contributed by atoms with van der Waals surface area (Å²) in [6, 6.07) is 12.1. The van der Waals surface area contributed by atoms with E-state index in [-0.39, 0.29) is 11.6 Å². The molecule has 1 aliphatic rings. The topological polar surface area (TPSA) is 50.3 Å². The molecule has 3 aromatic rings. The van der Waals surface area contributed by atoms with E-state index in [1.807, 2.05) is 23.6 Å². The molecule has 2 aromatic carbocycles. The molecule has 0 bridgehead atoms. The van der Waals surface area contributed by atoms with Crippen molar-refractivity contribution < 1.29 is 12.8 Å². The zero-order valence-corrected chi connectivity index (χ0v) is 15.8. The van der Waals surface area contributed by atoms with Crippen LogP contribution in [0.3, 0.4) is 0 Å². The van der Waals surface area contributed by atoms with Crippen LogP contribution in [0.1, 0.15) is 12.5 Å². The first-order valence-corrected chi connectivity index (χ1v) is 10.8. The molecule has 0 N–H and O–H groups in total. The molecule has 2 heterocycles. The molecule has 0 aliphatic carbocycles. The fourth-order valence-corrected chi connectivity index (χ4v) is 5.10. The molecule has 26 heavy (non-hydrogen) atoms. The Labute approximate surface area is 156 Å². The number of anilines is 1. The maximum absolute atomic E-state index is 13.1.